The van der Waals surface area contributed by atoms with Gasteiger partial charge in [0.05, 0.1) is 22.9 Å². The highest BCUT2D eigenvalue weighted by molar-refractivity contribution is 5.11. The number of ether oxygens (including phenoxy) is 1. The summed E-state index contributed by atoms with van der Waals surface area (Å²) in [6, 6.07) is 0. The van der Waals surface area contributed by atoms with Gasteiger partial charge in [-0.3, -0.25) is 0 Å². The predicted octanol–water partition coefficient (Wildman–Crippen LogP) is 0.830. The van der Waals surface area contributed by atoms with Gasteiger partial charge in [-0.25, -0.2) is 0 Å². The fraction of sp³-hybridized carbons (Fsp3) is 1.00. The topological polar surface area (TPSA) is 49.7 Å². The smallest absolute Gasteiger partial charge is 0.0957 e. The summed E-state index contributed by atoms with van der Waals surface area (Å²) in [5.74, 6) is 0. The fourth-order valence-corrected chi connectivity index (χ4v) is 2.60. The van der Waals surface area contributed by atoms with Crippen LogP contribution in [0.4, 0.5) is 0 Å². The first-order valence-corrected chi connectivity index (χ1v) is 4.90. The molecule has 76 valence electrons. The molecular formula is C10H18O3. The van der Waals surface area contributed by atoms with Crippen molar-refractivity contribution in [2.24, 2.45) is 0 Å². The van der Waals surface area contributed by atoms with Crippen molar-refractivity contribution < 1.29 is 14.9 Å². The third-order valence-corrected chi connectivity index (χ3v) is 3.88. The third-order valence-electron chi connectivity index (χ3n) is 3.88. The van der Waals surface area contributed by atoms with E-state index in [0.29, 0.717) is 6.42 Å². The van der Waals surface area contributed by atoms with E-state index in [2.05, 4.69) is 0 Å². The monoisotopic (exact) mass is 186 g/mol. The average Bonchev–Trinajstić information content (AvgIpc) is 1.95. The van der Waals surface area contributed by atoms with Crippen LogP contribution in [0.15, 0.2) is 0 Å². The van der Waals surface area contributed by atoms with Crippen LogP contribution in [0.1, 0.15) is 40.0 Å². The lowest BCUT2D eigenvalue weighted by Gasteiger charge is -2.60. The second kappa shape index (κ2) is 2.27. The molecule has 2 N–H and O–H groups in total. The van der Waals surface area contributed by atoms with Gasteiger partial charge in [0.25, 0.3) is 0 Å². The second-order valence-corrected chi connectivity index (χ2v) is 5.18. The van der Waals surface area contributed by atoms with E-state index in [1.165, 1.54) is 0 Å². The highest BCUT2D eigenvalue weighted by Gasteiger charge is 2.61. The van der Waals surface area contributed by atoms with Crippen LogP contribution in [-0.4, -0.2) is 33.1 Å². The molecule has 1 aliphatic carbocycles. The summed E-state index contributed by atoms with van der Waals surface area (Å²) in [6.07, 6.45) is 1.39. The van der Waals surface area contributed by atoms with Crippen LogP contribution >= 0.6 is 0 Å². The highest BCUT2D eigenvalue weighted by atomic mass is 16.6. The van der Waals surface area contributed by atoms with Crippen molar-refractivity contribution in [3.63, 3.8) is 0 Å². The Labute approximate surface area is 78.7 Å². The molecule has 0 amide bonds. The maximum Gasteiger partial charge on any atom is 0.0957 e. The summed E-state index contributed by atoms with van der Waals surface area (Å²) in [5.41, 5.74) is -1.82. The number of rotatable bonds is 0. The van der Waals surface area contributed by atoms with E-state index in [4.69, 9.17) is 4.74 Å². The van der Waals surface area contributed by atoms with Crippen molar-refractivity contribution in [2.75, 3.05) is 0 Å². The number of aliphatic hydroxyl groups is 2. The van der Waals surface area contributed by atoms with Crippen LogP contribution in [-0.2, 0) is 4.74 Å². The molecular weight excluding hydrogens is 168 g/mol. The van der Waals surface area contributed by atoms with Crippen LogP contribution in [0.2, 0.25) is 0 Å². The van der Waals surface area contributed by atoms with Crippen LogP contribution in [0, 0.1) is 0 Å². The highest BCUT2D eigenvalue weighted by Crippen LogP contribution is 2.51. The zero-order valence-corrected chi connectivity index (χ0v) is 8.50. The largest absolute Gasteiger partial charge is 0.390 e. The van der Waals surface area contributed by atoms with Crippen molar-refractivity contribution in [3.05, 3.63) is 0 Å². The SMILES string of the molecule is CC12CCC(O)(CC1O)C(C)(C)O2. The molecule has 2 aliphatic heterocycles. The Hall–Kier alpha value is -0.120. The van der Waals surface area contributed by atoms with Gasteiger partial charge in [0.15, 0.2) is 0 Å². The lowest BCUT2D eigenvalue weighted by atomic mass is 9.64. The molecule has 0 spiro atoms. The number of aliphatic hydroxyl groups excluding tert-OH is 1. The summed E-state index contributed by atoms with van der Waals surface area (Å²) >= 11 is 0. The average molecular weight is 186 g/mol. The van der Waals surface area contributed by atoms with Gasteiger partial charge in [-0.15, -0.1) is 0 Å². The van der Waals surface area contributed by atoms with Gasteiger partial charge in [-0.2, -0.15) is 0 Å². The van der Waals surface area contributed by atoms with E-state index in [1.54, 1.807) is 0 Å². The molecule has 0 aromatic carbocycles. The second-order valence-electron chi connectivity index (χ2n) is 5.18. The van der Waals surface area contributed by atoms with Gasteiger partial charge in [0, 0.05) is 6.42 Å². The molecule has 2 saturated heterocycles. The first kappa shape index (κ1) is 9.44. The Kier molecular flexibility index (Phi) is 1.65. The zero-order valence-electron chi connectivity index (χ0n) is 8.50. The molecule has 0 aromatic heterocycles. The van der Waals surface area contributed by atoms with E-state index < -0.39 is 22.9 Å². The molecule has 3 fully saturated rings. The van der Waals surface area contributed by atoms with E-state index in [9.17, 15) is 10.2 Å². The van der Waals surface area contributed by atoms with Gasteiger partial charge < -0.3 is 14.9 Å². The van der Waals surface area contributed by atoms with Crippen molar-refractivity contribution in [2.45, 2.75) is 62.9 Å². The lowest BCUT2D eigenvalue weighted by molar-refractivity contribution is -0.330. The molecule has 3 rings (SSSR count). The van der Waals surface area contributed by atoms with Crippen LogP contribution in [0.25, 0.3) is 0 Å². The minimum atomic E-state index is -0.843. The summed E-state index contributed by atoms with van der Waals surface area (Å²) in [4.78, 5) is 0. The van der Waals surface area contributed by atoms with E-state index in [-0.39, 0.29) is 0 Å². The zero-order chi connectivity index (χ0) is 9.91. The third kappa shape index (κ3) is 1.07. The Morgan fingerprint density at radius 1 is 1.23 bits per heavy atom. The van der Waals surface area contributed by atoms with Gasteiger partial charge in [-0.05, 0) is 33.6 Å². The normalized spacial score (nSPS) is 53.8. The minimum absolute atomic E-state index is 0.441. The standard InChI is InChI=1S/C10H18O3/c1-8(2)10(12)5-4-9(3,13-8)7(11)6-10/h7,11-12H,4-6H2,1-3H3. The fourth-order valence-electron chi connectivity index (χ4n) is 2.60. The molecule has 3 nitrogen and oxygen atoms in total. The first-order chi connectivity index (χ1) is 5.79. The van der Waals surface area contributed by atoms with E-state index in [1.807, 2.05) is 20.8 Å². The molecule has 0 aromatic rings. The molecule has 0 radical (unpaired) electrons. The van der Waals surface area contributed by atoms with E-state index >= 15 is 0 Å². The molecule has 2 bridgehead atoms. The van der Waals surface area contributed by atoms with Crippen LogP contribution in [0.3, 0.4) is 0 Å². The molecule has 2 heterocycles. The maximum atomic E-state index is 10.2. The number of fused-ring (bicyclic) bond motifs is 3. The molecule has 3 heteroatoms. The minimum Gasteiger partial charge on any atom is -0.390 e. The van der Waals surface area contributed by atoms with Gasteiger partial charge >= 0.3 is 0 Å². The molecule has 1 saturated carbocycles. The summed E-state index contributed by atoms with van der Waals surface area (Å²) < 4.78 is 5.78. The molecule has 3 atom stereocenters. The van der Waals surface area contributed by atoms with Crippen molar-refractivity contribution in [3.8, 4) is 0 Å². The summed E-state index contributed by atoms with van der Waals surface area (Å²) in [6.45, 7) is 5.73. The number of hydrogen-bond acceptors (Lipinski definition) is 3. The Morgan fingerprint density at radius 2 is 1.85 bits per heavy atom. The Bertz CT molecular complexity index is 236. The van der Waals surface area contributed by atoms with E-state index in [0.717, 1.165) is 12.8 Å². The van der Waals surface area contributed by atoms with Crippen molar-refractivity contribution in [1.82, 2.24) is 0 Å². The van der Waals surface area contributed by atoms with Gasteiger partial charge in [0.2, 0.25) is 0 Å². The summed E-state index contributed by atoms with van der Waals surface area (Å²) in [7, 11) is 0. The molecule has 13 heavy (non-hydrogen) atoms. The van der Waals surface area contributed by atoms with Crippen molar-refractivity contribution in [1.29, 1.82) is 0 Å². The summed E-state index contributed by atoms with van der Waals surface area (Å²) in [5, 5.41) is 20.0. The van der Waals surface area contributed by atoms with Crippen LogP contribution in [0.5, 0.6) is 0 Å². The maximum absolute atomic E-state index is 10.2. The number of hydrogen-bond donors (Lipinski definition) is 2. The van der Waals surface area contributed by atoms with Gasteiger partial charge in [0.1, 0.15) is 0 Å². The first-order valence-electron chi connectivity index (χ1n) is 4.90. The quantitative estimate of drug-likeness (QED) is 0.589. The Morgan fingerprint density at radius 3 is 2.23 bits per heavy atom. The van der Waals surface area contributed by atoms with Crippen molar-refractivity contribution >= 4 is 0 Å². The van der Waals surface area contributed by atoms with Gasteiger partial charge in [-0.1, -0.05) is 0 Å². The predicted molar refractivity (Wildman–Crippen MR) is 48.4 cm³/mol. The Balaban J connectivity index is 2.36. The lowest BCUT2D eigenvalue weighted by Crippen LogP contribution is -2.70. The molecule has 3 aliphatic rings. The van der Waals surface area contributed by atoms with Crippen LogP contribution < -0.4 is 0 Å². The molecule has 3 unspecified atom stereocenters.